The van der Waals surface area contributed by atoms with E-state index < -0.39 is 0 Å². The quantitative estimate of drug-likeness (QED) is 0.649. The van der Waals surface area contributed by atoms with Crippen LogP contribution in [0.15, 0.2) is 23.0 Å². The highest BCUT2D eigenvalue weighted by atomic mass is 16.7. The Morgan fingerprint density at radius 1 is 1.06 bits per heavy atom. The monoisotopic (exact) mass is 450 g/mol. The zero-order valence-electron chi connectivity index (χ0n) is 19.0. The molecule has 1 saturated heterocycles. The highest BCUT2D eigenvalue weighted by Gasteiger charge is 2.34. The molecule has 4 heterocycles. The van der Waals surface area contributed by atoms with Crippen LogP contribution in [0.1, 0.15) is 75.3 Å². The van der Waals surface area contributed by atoms with E-state index in [9.17, 15) is 4.79 Å². The molecule has 0 spiro atoms. The van der Waals surface area contributed by atoms with Crippen LogP contribution in [-0.4, -0.2) is 50.0 Å². The number of rotatable bonds is 4. The summed E-state index contributed by atoms with van der Waals surface area (Å²) >= 11 is 0. The van der Waals surface area contributed by atoms with E-state index >= 15 is 0 Å². The molecule has 33 heavy (non-hydrogen) atoms. The van der Waals surface area contributed by atoms with Gasteiger partial charge in [0, 0.05) is 23.6 Å². The highest BCUT2D eigenvalue weighted by Crippen LogP contribution is 2.38. The standard InChI is InChI=1S/C24H30N6O3/c1-15-6-5-9-29(13-15)22(23-26-27-28-30(23)17-7-3-2-4-8-17)18-10-16-11-20-21(33-14-32-20)12-19(16)25-24(18)31/h10-12,15,17,22H,2-9,13-14H2,1H3,(H,25,31)/t15-,22+/m1/s1. The van der Waals surface area contributed by atoms with Crippen molar-refractivity contribution in [1.82, 2.24) is 30.1 Å². The number of hydrogen-bond acceptors (Lipinski definition) is 7. The third-order valence-corrected chi connectivity index (χ3v) is 7.40. The number of tetrazole rings is 1. The van der Waals surface area contributed by atoms with Crippen LogP contribution in [-0.2, 0) is 0 Å². The lowest BCUT2D eigenvalue weighted by atomic mass is 9.93. The summed E-state index contributed by atoms with van der Waals surface area (Å²) in [6.07, 6.45) is 8.12. The summed E-state index contributed by atoms with van der Waals surface area (Å²) in [5.74, 6) is 2.71. The Morgan fingerprint density at radius 3 is 2.70 bits per heavy atom. The fourth-order valence-corrected chi connectivity index (χ4v) is 5.74. The Kier molecular flexibility index (Phi) is 5.28. The summed E-state index contributed by atoms with van der Waals surface area (Å²) in [6.45, 7) is 4.32. The molecule has 1 N–H and O–H groups in total. The largest absolute Gasteiger partial charge is 0.454 e. The molecule has 3 aliphatic rings. The van der Waals surface area contributed by atoms with E-state index in [1.54, 1.807) is 0 Å². The van der Waals surface area contributed by atoms with Crippen LogP contribution in [0.2, 0.25) is 0 Å². The number of H-pyrrole nitrogens is 1. The molecule has 0 bridgehead atoms. The number of benzene rings is 1. The first-order chi connectivity index (χ1) is 16.2. The SMILES string of the molecule is C[C@@H]1CCCN([C@@H](c2cc3cc4c(cc3[nH]c2=O)OCO4)c2nnnn2C2CCCCC2)C1. The Bertz CT molecular complexity index is 1210. The molecular weight excluding hydrogens is 420 g/mol. The second kappa shape index (κ2) is 8.44. The van der Waals surface area contributed by atoms with Crippen molar-refractivity contribution in [1.29, 1.82) is 0 Å². The van der Waals surface area contributed by atoms with Crippen molar-refractivity contribution in [3.05, 3.63) is 39.9 Å². The minimum absolute atomic E-state index is 0.109. The molecule has 1 saturated carbocycles. The van der Waals surface area contributed by atoms with Crippen LogP contribution in [0.3, 0.4) is 0 Å². The van der Waals surface area contributed by atoms with Gasteiger partial charge in [-0.25, -0.2) is 4.68 Å². The normalized spacial score (nSPS) is 22.6. The molecule has 9 nitrogen and oxygen atoms in total. The van der Waals surface area contributed by atoms with E-state index in [1.165, 1.54) is 25.7 Å². The average Bonchev–Trinajstić information content (AvgIpc) is 3.48. The lowest BCUT2D eigenvalue weighted by Gasteiger charge is -2.37. The Labute approximate surface area is 192 Å². The maximum atomic E-state index is 13.4. The zero-order valence-corrected chi connectivity index (χ0v) is 19.0. The van der Waals surface area contributed by atoms with E-state index in [0.29, 0.717) is 29.0 Å². The molecule has 9 heteroatoms. The number of fused-ring (bicyclic) bond motifs is 2. The maximum absolute atomic E-state index is 13.4. The third kappa shape index (κ3) is 3.78. The summed E-state index contributed by atoms with van der Waals surface area (Å²) in [6, 6.07) is 5.77. The van der Waals surface area contributed by atoms with Crippen LogP contribution < -0.4 is 15.0 Å². The van der Waals surface area contributed by atoms with Gasteiger partial charge in [-0.15, -0.1) is 5.10 Å². The number of aromatic amines is 1. The van der Waals surface area contributed by atoms with Gasteiger partial charge in [-0.2, -0.15) is 0 Å². The molecule has 0 unspecified atom stereocenters. The number of piperidine rings is 1. The summed E-state index contributed by atoms with van der Waals surface area (Å²) in [5, 5.41) is 13.9. The van der Waals surface area contributed by atoms with Crippen molar-refractivity contribution < 1.29 is 9.47 Å². The predicted molar refractivity (Wildman–Crippen MR) is 122 cm³/mol. The van der Waals surface area contributed by atoms with Crippen LogP contribution in [0.4, 0.5) is 0 Å². The van der Waals surface area contributed by atoms with E-state index in [-0.39, 0.29) is 18.4 Å². The molecule has 2 fully saturated rings. The number of likely N-dealkylation sites (tertiary alicyclic amines) is 1. The second-order valence-electron chi connectivity index (χ2n) is 9.76. The molecule has 6 rings (SSSR count). The lowest BCUT2D eigenvalue weighted by molar-refractivity contribution is 0.138. The second-order valence-corrected chi connectivity index (χ2v) is 9.76. The smallest absolute Gasteiger partial charge is 0.253 e. The van der Waals surface area contributed by atoms with Gasteiger partial charge in [0.25, 0.3) is 5.56 Å². The number of ether oxygens (including phenoxy) is 2. The third-order valence-electron chi connectivity index (χ3n) is 7.40. The number of pyridine rings is 1. The van der Waals surface area contributed by atoms with E-state index in [4.69, 9.17) is 9.47 Å². The van der Waals surface area contributed by atoms with Gasteiger partial charge < -0.3 is 14.5 Å². The van der Waals surface area contributed by atoms with Crippen molar-refractivity contribution in [2.45, 2.75) is 64.0 Å². The van der Waals surface area contributed by atoms with Gasteiger partial charge >= 0.3 is 0 Å². The van der Waals surface area contributed by atoms with Gasteiger partial charge in [0.1, 0.15) is 6.04 Å². The average molecular weight is 451 g/mol. The lowest BCUT2D eigenvalue weighted by Crippen LogP contribution is -2.41. The fourth-order valence-electron chi connectivity index (χ4n) is 5.74. The fraction of sp³-hybridized carbons (Fsp3) is 0.583. The van der Waals surface area contributed by atoms with Gasteiger partial charge in [0.2, 0.25) is 6.79 Å². The van der Waals surface area contributed by atoms with Crippen molar-refractivity contribution >= 4 is 10.9 Å². The molecule has 174 valence electrons. The summed E-state index contributed by atoms with van der Waals surface area (Å²) < 4.78 is 13.1. The van der Waals surface area contributed by atoms with Crippen molar-refractivity contribution in [3.8, 4) is 11.5 Å². The maximum Gasteiger partial charge on any atom is 0.253 e. The Morgan fingerprint density at radius 2 is 1.88 bits per heavy atom. The first-order valence-corrected chi connectivity index (χ1v) is 12.2. The van der Waals surface area contributed by atoms with Gasteiger partial charge in [-0.1, -0.05) is 26.2 Å². The molecule has 3 aromatic rings. The van der Waals surface area contributed by atoms with E-state index in [1.807, 2.05) is 22.9 Å². The molecule has 0 radical (unpaired) electrons. The van der Waals surface area contributed by atoms with Gasteiger partial charge in [0.15, 0.2) is 17.3 Å². The van der Waals surface area contributed by atoms with Gasteiger partial charge in [-0.05, 0) is 60.7 Å². The number of nitrogens with zero attached hydrogens (tertiary/aromatic N) is 5. The summed E-state index contributed by atoms with van der Waals surface area (Å²) in [4.78, 5) is 18.9. The summed E-state index contributed by atoms with van der Waals surface area (Å²) in [5.41, 5.74) is 1.32. The van der Waals surface area contributed by atoms with Crippen LogP contribution in [0.25, 0.3) is 10.9 Å². The van der Waals surface area contributed by atoms with Crippen molar-refractivity contribution in [2.75, 3.05) is 19.9 Å². The Hall–Kier alpha value is -2.94. The highest BCUT2D eigenvalue weighted by molar-refractivity contribution is 5.83. The summed E-state index contributed by atoms with van der Waals surface area (Å²) in [7, 11) is 0. The van der Waals surface area contributed by atoms with Crippen LogP contribution in [0, 0.1) is 5.92 Å². The number of hydrogen-bond donors (Lipinski definition) is 1. The molecule has 2 aromatic heterocycles. The Balaban J connectivity index is 1.48. The molecular formula is C24H30N6O3. The molecule has 0 amide bonds. The van der Waals surface area contributed by atoms with Crippen LogP contribution in [0.5, 0.6) is 11.5 Å². The van der Waals surface area contributed by atoms with Gasteiger partial charge in [0.05, 0.1) is 11.6 Å². The van der Waals surface area contributed by atoms with Gasteiger partial charge in [-0.3, -0.25) is 9.69 Å². The zero-order chi connectivity index (χ0) is 22.4. The first-order valence-electron chi connectivity index (χ1n) is 12.2. The molecule has 2 aliphatic heterocycles. The van der Waals surface area contributed by atoms with Crippen molar-refractivity contribution in [2.24, 2.45) is 5.92 Å². The van der Waals surface area contributed by atoms with Crippen LogP contribution >= 0.6 is 0 Å². The van der Waals surface area contributed by atoms with Crippen molar-refractivity contribution in [3.63, 3.8) is 0 Å². The predicted octanol–water partition coefficient (Wildman–Crippen LogP) is 3.57. The first kappa shape index (κ1) is 20.7. The van der Waals surface area contributed by atoms with E-state index in [2.05, 4.69) is 32.3 Å². The minimum atomic E-state index is -0.289. The molecule has 2 atom stereocenters. The topological polar surface area (TPSA) is 98.2 Å². The molecule has 1 aromatic carbocycles. The molecule has 1 aliphatic carbocycles. The number of nitrogens with one attached hydrogen (secondary N) is 1. The number of aromatic nitrogens is 5. The minimum Gasteiger partial charge on any atom is -0.454 e. The van der Waals surface area contributed by atoms with E-state index in [0.717, 1.165) is 49.1 Å².